The van der Waals surface area contributed by atoms with E-state index in [9.17, 15) is 0 Å². The molecule has 4 heteroatoms. The highest BCUT2D eigenvalue weighted by atomic mass is 16.5. The van der Waals surface area contributed by atoms with Crippen LogP contribution in [0.15, 0.2) is 89.8 Å². The molecule has 0 unspecified atom stereocenters. The van der Waals surface area contributed by atoms with Crippen LogP contribution < -0.4 is 10.1 Å². The van der Waals surface area contributed by atoms with Crippen LogP contribution in [-0.4, -0.2) is 12.1 Å². The highest BCUT2D eigenvalue weighted by Crippen LogP contribution is 2.35. The second-order valence-corrected chi connectivity index (χ2v) is 5.82. The Morgan fingerprint density at radius 2 is 1.69 bits per heavy atom. The molecule has 0 radical (unpaired) electrons. The van der Waals surface area contributed by atoms with Gasteiger partial charge in [-0.05, 0) is 23.8 Å². The van der Waals surface area contributed by atoms with Crippen molar-refractivity contribution < 1.29 is 9.15 Å². The first kappa shape index (κ1) is 16.0. The molecule has 0 spiro atoms. The Labute approximate surface area is 152 Å². The minimum Gasteiger partial charge on any atom is -0.496 e. The van der Waals surface area contributed by atoms with Crippen LogP contribution in [-0.2, 0) is 0 Å². The van der Waals surface area contributed by atoms with Gasteiger partial charge in [0.1, 0.15) is 5.75 Å². The zero-order valence-electron chi connectivity index (χ0n) is 14.3. The molecule has 0 atom stereocenters. The van der Waals surface area contributed by atoms with Gasteiger partial charge in [0.05, 0.1) is 18.9 Å². The summed E-state index contributed by atoms with van der Waals surface area (Å²) >= 11 is 0. The second kappa shape index (κ2) is 7.15. The van der Waals surface area contributed by atoms with Gasteiger partial charge in [-0.2, -0.15) is 0 Å². The Bertz CT molecular complexity index is 996. The number of nitrogens with zero attached hydrogens (tertiary/aromatic N) is 1. The third-order valence-electron chi connectivity index (χ3n) is 4.19. The van der Waals surface area contributed by atoms with Crippen molar-refractivity contribution in [2.24, 2.45) is 0 Å². The summed E-state index contributed by atoms with van der Waals surface area (Å²) < 4.78 is 10.9. The van der Waals surface area contributed by atoms with E-state index < -0.39 is 0 Å². The lowest BCUT2D eigenvalue weighted by Gasteiger charge is -2.14. The predicted molar refractivity (Wildman–Crippen MR) is 104 cm³/mol. The number of hydrogen-bond acceptors (Lipinski definition) is 4. The Hall–Kier alpha value is -3.53. The molecule has 1 aromatic heterocycles. The van der Waals surface area contributed by atoms with Gasteiger partial charge in [-0.25, -0.2) is 4.98 Å². The Balaban J connectivity index is 1.69. The van der Waals surface area contributed by atoms with Gasteiger partial charge in [0, 0.05) is 23.0 Å². The highest BCUT2D eigenvalue weighted by Gasteiger charge is 2.11. The van der Waals surface area contributed by atoms with Crippen molar-refractivity contribution in [3.05, 3.63) is 85.4 Å². The summed E-state index contributed by atoms with van der Waals surface area (Å²) in [5, 5.41) is 3.49. The molecular formula is C22H18N2O2. The molecule has 1 N–H and O–H groups in total. The minimum absolute atomic E-state index is 0.679. The van der Waals surface area contributed by atoms with Crippen LogP contribution in [0.3, 0.4) is 0 Å². The summed E-state index contributed by atoms with van der Waals surface area (Å²) in [5.41, 5.74) is 5.15. The molecule has 0 aliphatic rings. The van der Waals surface area contributed by atoms with E-state index in [2.05, 4.69) is 34.6 Å². The fourth-order valence-corrected chi connectivity index (χ4v) is 2.94. The second-order valence-electron chi connectivity index (χ2n) is 5.82. The zero-order chi connectivity index (χ0) is 17.8. The summed E-state index contributed by atoms with van der Waals surface area (Å²) in [4.78, 5) is 3.97. The maximum Gasteiger partial charge on any atom is 0.181 e. The largest absolute Gasteiger partial charge is 0.496 e. The van der Waals surface area contributed by atoms with Crippen LogP contribution in [0.25, 0.3) is 22.5 Å². The molecule has 26 heavy (non-hydrogen) atoms. The van der Waals surface area contributed by atoms with E-state index in [1.54, 1.807) is 13.3 Å². The molecule has 4 rings (SSSR count). The number of oxazole rings is 1. The molecule has 4 aromatic rings. The van der Waals surface area contributed by atoms with Gasteiger partial charge in [-0.15, -0.1) is 0 Å². The van der Waals surface area contributed by atoms with Crippen LogP contribution in [0, 0.1) is 0 Å². The quantitative estimate of drug-likeness (QED) is 0.501. The van der Waals surface area contributed by atoms with Crippen LogP contribution in [0.4, 0.5) is 11.4 Å². The van der Waals surface area contributed by atoms with E-state index >= 15 is 0 Å². The number of anilines is 2. The molecule has 0 aliphatic heterocycles. The molecule has 128 valence electrons. The third-order valence-corrected chi connectivity index (χ3v) is 4.19. The van der Waals surface area contributed by atoms with E-state index in [0.29, 0.717) is 5.76 Å². The van der Waals surface area contributed by atoms with Crippen molar-refractivity contribution in [3.63, 3.8) is 0 Å². The van der Waals surface area contributed by atoms with Gasteiger partial charge in [-0.3, -0.25) is 0 Å². The first-order chi connectivity index (χ1) is 12.8. The van der Waals surface area contributed by atoms with Gasteiger partial charge in [0.2, 0.25) is 0 Å². The number of aromatic nitrogens is 1. The summed E-state index contributed by atoms with van der Waals surface area (Å²) in [7, 11) is 1.65. The van der Waals surface area contributed by atoms with E-state index in [1.165, 1.54) is 12.0 Å². The van der Waals surface area contributed by atoms with Crippen molar-refractivity contribution >= 4 is 11.4 Å². The van der Waals surface area contributed by atoms with E-state index in [0.717, 1.165) is 28.3 Å². The standard InChI is InChI=1S/C22H18N2O2/c1-25-21-13-17(11-12-19(21)22-14-23-15-26-22)24-20-10-6-5-9-18(20)16-7-3-2-4-8-16/h2-15,24H,1H3. The predicted octanol–water partition coefficient (Wildman–Crippen LogP) is 5.76. The SMILES string of the molecule is COc1cc(Nc2ccccc2-c2ccccc2)ccc1-c1cnco1. The highest BCUT2D eigenvalue weighted by molar-refractivity contribution is 5.82. The van der Waals surface area contributed by atoms with E-state index in [-0.39, 0.29) is 0 Å². The lowest BCUT2D eigenvalue weighted by atomic mass is 10.0. The number of methoxy groups -OCH3 is 1. The van der Waals surface area contributed by atoms with Crippen LogP contribution in [0.2, 0.25) is 0 Å². The summed E-state index contributed by atoms with van der Waals surface area (Å²) in [6.07, 6.45) is 3.09. The lowest BCUT2D eigenvalue weighted by molar-refractivity contribution is 0.415. The fourth-order valence-electron chi connectivity index (χ4n) is 2.94. The minimum atomic E-state index is 0.679. The molecule has 4 nitrogen and oxygen atoms in total. The van der Waals surface area contributed by atoms with Gasteiger partial charge >= 0.3 is 0 Å². The number of ether oxygens (including phenoxy) is 1. The normalized spacial score (nSPS) is 10.5. The van der Waals surface area contributed by atoms with Gasteiger partial charge < -0.3 is 14.5 Å². The first-order valence-corrected chi connectivity index (χ1v) is 8.33. The van der Waals surface area contributed by atoms with Gasteiger partial charge in [-0.1, -0.05) is 48.5 Å². The zero-order valence-corrected chi connectivity index (χ0v) is 14.3. The van der Waals surface area contributed by atoms with Crippen molar-refractivity contribution in [1.29, 1.82) is 0 Å². The van der Waals surface area contributed by atoms with Crippen LogP contribution in [0.1, 0.15) is 0 Å². The third kappa shape index (κ3) is 3.17. The number of rotatable bonds is 5. The molecule has 0 bridgehead atoms. The molecule has 3 aromatic carbocycles. The van der Waals surface area contributed by atoms with Crippen LogP contribution >= 0.6 is 0 Å². The fraction of sp³-hybridized carbons (Fsp3) is 0.0455. The first-order valence-electron chi connectivity index (χ1n) is 8.33. The Kier molecular flexibility index (Phi) is 4.39. The monoisotopic (exact) mass is 342 g/mol. The van der Waals surface area contributed by atoms with Crippen molar-refractivity contribution in [2.75, 3.05) is 12.4 Å². The van der Waals surface area contributed by atoms with E-state index in [1.807, 2.05) is 48.5 Å². The summed E-state index contributed by atoms with van der Waals surface area (Å²) in [5.74, 6) is 1.40. The van der Waals surface area contributed by atoms with Crippen molar-refractivity contribution in [1.82, 2.24) is 4.98 Å². The van der Waals surface area contributed by atoms with E-state index in [4.69, 9.17) is 9.15 Å². The number of nitrogens with one attached hydrogen (secondary N) is 1. The molecule has 0 amide bonds. The topological polar surface area (TPSA) is 47.3 Å². The molecule has 1 heterocycles. The molecular weight excluding hydrogens is 324 g/mol. The molecule has 0 fully saturated rings. The Morgan fingerprint density at radius 1 is 0.885 bits per heavy atom. The number of para-hydroxylation sites is 1. The Morgan fingerprint density at radius 3 is 2.46 bits per heavy atom. The van der Waals surface area contributed by atoms with Gasteiger partial charge in [0.15, 0.2) is 12.2 Å². The van der Waals surface area contributed by atoms with Crippen molar-refractivity contribution in [3.8, 4) is 28.2 Å². The maximum absolute atomic E-state index is 5.53. The van der Waals surface area contributed by atoms with Gasteiger partial charge in [0.25, 0.3) is 0 Å². The molecule has 0 saturated heterocycles. The average molecular weight is 342 g/mol. The summed E-state index contributed by atoms with van der Waals surface area (Å²) in [6.45, 7) is 0. The average Bonchev–Trinajstić information content (AvgIpc) is 3.23. The number of hydrogen-bond donors (Lipinski definition) is 1. The van der Waals surface area contributed by atoms with Crippen LogP contribution in [0.5, 0.6) is 5.75 Å². The molecule has 0 saturated carbocycles. The summed E-state index contributed by atoms with van der Waals surface area (Å²) in [6, 6.07) is 24.5. The molecule has 0 aliphatic carbocycles. The van der Waals surface area contributed by atoms with Crippen molar-refractivity contribution in [2.45, 2.75) is 0 Å². The maximum atomic E-state index is 5.53. The number of benzene rings is 3. The lowest BCUT2D eigenvalue weighted by Crippen LogP contribution is -1.95. The smallest absolute Gasteiger partial charge is 0.181 e.